The molecule has 3 heteroatoms. The van der Waals surface area contributed by atoms with Gasteiger partial charge in [0.1, 0.15) is 0 Å². The van der Waals surface area contributed by atoms with Crippen LogP contribution in [0.1, 0.15) is 13.8 Å². The summed E-state index contributed by atoms with van der Waals surface area (Å²) in [7, 11) is 0. The van der Waals surface area contributed by atoms with Gasteiger partial charge >= 0.3 is 5.91 Å². The summed E-state index contributed by atoms with van der Waals surface area (Å²) in [4.78, 5) is 15.0. The lowest BCUT2D eigenvalue weighted by molar-refractivity contribution is -0.128. The van der Waals surface area contributed by atoms with Gasteiger partial charge in [-0.3, -0.25) is 9.63 Å². The molecule has 0 aliphatic rings. The molecule has 0 heterocycles. The smallest absolute Gasteiger partial charge is 0.273 e. The van der Waals surface area contributed by atoms with Crippen molar-refractivity contribution in [3.8, 4) is 12.3 Å². The highest BCUT2D eigenvalue weighted by Gasteiger charge is 1.95. The standard InChI is InChI=1S/C7H11NO2/c1-4-7(9)8-10-5-6(2)3/h1,6H,5H2,2-3H3,(H,8,9). The Hall–Kier alpha value is -1.01. The van der Waals surface area contributed by atoms with Crippen LogP contribution in [0.25, 0.3) is 0 Å². The number of nitrogens with one attached hydrogen (secondary N) is 1. The van der Waals surface area contributed by atoms with Crippen LogP contribution in [-0.4, -0.2) is 12.5 Å². The summed E-state index contributed by atoms with van der Waals surface area (Å²) in [6.07, 6.45) is 4.75. The Kier molecular flexibility index (Phi) is 4.34. The Morgan fingerprint density at radius 2 is 2.40 bits per heavy atom. The Morgan fingerprint density at radius 1 is 1.80 bits per heavy atom. The number of carbonyl (C=O) groups excluding carboxylic acids is 1. The number of hydrogen-bond donors (Lipinski definition) is 1. The number of hydrogen-bond acceptors (Lipinski definition) is 2. The van der Waals surface area contributed by atoms with Gasteiger partial charge in [-0.15, -0.1) is 6.42 Å². The zero-order valence-electron chi connectivity index (χ0n) is 6.18. The molecule has 1 amide bonds. The first-order valence-corrected chi connectivity index (χ1v) is 3.05. The third-order valence-corrected chi connectivity index (χ3v) is 0.713. The number of rotatable bonds is 3. The van der Waals surface area contributed by atoms with Gasteiger partial charge in [0, 0.05) is 0 Å². The molecule has 0 radical (unpaired) electrons. The molecular weight excluding hydrogens is 130 g/mol. The maximum Gasteiger partial charge on any atom is 0.319 e. The Morgan fingerprint density at radius 3 is 2.80 bits per heavy atom. The number of amides is 1. The second kappa shape index (κ2) is 4.83. The van der Waals surface area contributed by atoms with E-state index < -0.39 is 5.91 Å². The lowest BCUT2D eigenvalue weighted by Gasteiger charge is -2.03. The highest BCUT2D eigenvalue weighted by molar-refractivity contribution is 5.91. The summed E-state index contributed by atoms with van der Waals surface area (Å²) in [5.74, 6) is 1.71. The van der Waals surface area contributed by atoms with Gasteiger partial charge in [-0.05, 0) is 11.8 Å². The zero-order chi connectivity index (χ0) is 7.98. The van der Waals surface area contributed by atoms with Crippen LogP contribution in [-0.2, 0) is 9.63 Å². The van der Waals surface area contributed by atoms with Crippen molar-refractivity contribution in [2.45, 2.75) is 13.8 Å². The van der Waals surface area contributed by atoms with Crippen molar-refractivity contribution >= 4 is 5.91 Å². The van der Waals surface area contributed by atoms with Gasteiger partial charge in [0.25, 0.3) is 0 Å². The van der Waals surface area contributed by atoms with E-state index in [0.29, 0.717) is 12.5 Å². The van der Waals surface area contributed by atoms with Crippen LogP contribution in [0.2, 0.25) is 0 Å². The second-order valence-corrected chi connectivity index (χ2v) is 2.28. The fraction of sp³-hybridized carbons (Fsp3) is 0.571. The minimum Gasteiger partial charge on any atom is -0.273 e. The lowest BCUT2D eigenvalue weighted by atomic mass is 10.2. The first kappa shape index (κ1) is 8.99. The van der Waals surface area contributed by atoms with E-state index in [4.69, 9.17) is 11.3 Å². The van der Waals surface area contributed by atoms with E-state index in [9.17, 15) is 4.79 Å². The van der Waals surface area contributed by atoms with Gasteiger partial charge in [0.15, 0.2) is 0 Å². The molecule has 0 aromatic rings. The van der Waals surface area contributed by atoms with Crippen molar-refractivity contribution < 1.29 is 9.63 Å². The van der Waals surface area contributed by atoms with E-state index in [1.165, 1.54) is 0 Å². The fourth-order valence-electron chi connectivity index (χ4n) is 0.303. The topological polar surface area (TPSA) is 38.3 Å². The van der Waals surface area contributed by atoms with Crippen molar-refractivity contribution in [2.24, 2.45) is 5.92 Å². The number of carbonyl (C=O) groups is 1. The Balaban J connectivity index is 3.22. The molecule has 0 aromatic carbocycles. The maximum absolute atomic E-state index is 10.3. The molecule has 0 bridgehead atoms. The molecule has 0 saturated heterocycles. The van der Waals surface area contributed by atoms with E-state index in [-0.39, 0.29) is 0 Å². The predicted octanol–water partition coefficient (Wildman–Crippen LogP) is 0.323. The molecule has 0 atom stereocenters. The van der Waals surface area contributed by atoms with E-state index in [2.05, 4.69) is 5.48 Å². The summed E-state index contributed by atoms with van der Waals surface area (Å²) in [6, 6.07) is 0. The van der Waals surface area contributed by atoms with Crippen LogP contribution in [0.4, 0.5) is 0 Å². The summed E-state index contributed by atoms with van der Waals surface area (Å²) >= 11 is 0. The monoisotopic (exact) mass is 141 g/mol. The van der Waals surface area contributed by atoms with Crippen LogP contribution in [0.5, 0.6) is 0 Å². The van der Waals surface area contributed by atoms with Crippen LogP contribution in [0, 0.1) is 18.3 Å². The first-order valence-electron chi connectivity index (χ1n) is 3.05. The average Bonchev–Trinajstić information content (AvgIpc) is 1.87. The maximum atomic E-state index is 10.3. The molecule has 1 N–H and O–H groups in total. The molecule has 0 aliphatic carbocycles. The van der Waals surface area contributed by atoms with Crippen LogP contribution < -0.4 is 5.48 Å². The fourth-order valence-corrected chi connectivity index (χ4v) is 0.303. The van der Waals surface area contributed by atoms with Crippen molar-refractivity contribution in [2.75, 3.05) is 6.61 Å². The molecule has 56 valence electrons. The summed E-state index contributed by atoms with van der Waals surface area (Å²) in [6.45, 7) is 4.43. The SMILES string of the molecule is C#CC(=O)NOCC(C)C. The van der Waals surface area contributed by atoms with Crippen molar-refractivity contribution in [1.82, 2.24) is 5.48 Å². The molecular formula is C7H11NO2. The Bertz CT molecular complexity index is 146. The zero-order valence-corrected chi connectivity index (χ0v) is 6.18. The third-order valence-electron chi connectivity index (χ3n) is 0.713. The number of hydroxylamine groups is 1. The van der Waals surface area contributed by atoms with E-state index >= 15 is 0 Å². The quantitative estimate of drug-likeness (QED) is 0.454. The molecule has 10 heavy (non-hydrogen) atoms. The van der Waals surface area contributed by atoms with Crippen LogP contribution in [0.3, 0.4) is 0 Å². The van der Waals surface area contributed by atoms with E-state index in [1.807, 2.05) is 19.8 Å². The largest absolute Gasteiger partial charge is 0.319 e. The third kappa shape index (κ3) is 5.13. The molecule has 0 aromatic heterocycles. The van der Waals surface area contributed by atoms with Gasteiger partial charge in [0.2, 0.25) is 0 Å². The molecule has 0 saturated carbocycles. The molecule has 0 spiro atoms. The summed E-state index contributed by atoms with van der Waals surface area (Å²) < 4.78 is 0. The molecule has 0 rings (SSSR count). The predicted molar refractivity (Wildman–Crippen MR) is 37.8 cm³/mol. The number of terminal acetylenes is 1. The van der Waals surface area contributed by atoms with Crippen molar-refractivity contribution in [1.29, 1.82) is 0 Å². The molecule has 0 unspecified atom stereocenters. The highest BCUT2D eigenvalue weighted by Crippen LogP contribution is 1.88. The normalized spacial score (nSPS) is 9.00. The first-order chi connectivity index (χ1) is 4.66. The second-order valence-electron chi connectivity index (χ2n) is 2.28. The van der Waals surface area contributed by atoms with Gasteiger partial charge in [-0.25, -0.2) is 5.48 Å². The van der Waals surface area contributed by atoms with Crippen LogP contribution in [0.15, 0.2) is 0 Å². The molecule has 0 aliphatic heterocycles. The summed E-state index contributed by atoms with van der Waals surface area (Å²) in [5.41, 5.74) is 2.09. The van der Waals surface area contributed by atoms with Gasteiger partial charge in [-0.2, -0.15) is 0 Å². The van der Waals surface area contributed by atoms with Crippen LogP contribution >= 0.6 is 0 Å². The molecule has 0 fully saturated rings. The van der Waals surface area contributed by atoms with Gasteiger partial charge in [0.05, 0.1) is 6.61 Å². The van der Waals surface area contributed by atoms with E-state index in [1.54, 1.807) is 0 Å². The molecule has 3 nitrogen and oxygen atoms in total. The minimum atomic E-state index is -0.541. The highest BCUT2D eigenvalue weighted by atomic mass is 16.6. The minimum absolute atomic E-state index is 0.387. The van der Waals surface area contributed by atoms with Gasteiger partial charge in [-0.1, -0.05) is 13.8 Å². The van der Waals surface area contributed by atoms with Gasteiger partial charge < -0.3 is 0 Å². The van der Waals surface area contributed by atoms with Crippen molar-refractivity contribution in [3.05, 3.63) is 0 Å². The lowest BCUT2D eigenvalue weighted by Crippen LogP contribution is -2.23. The van der Waals surface area contributed by atoms with Crippen molar-refractivity contribution in [3.63, 3.8) is 0 Å². The van der Waals surface area contributed by atoms with E-state index in [0.717, 1.165) is 0 Å². The summed E-state index contributed by atoms with van der Waals surface area (Å²) in [5, 5.41) is 0. The Labute approximate surface area is 60.7 Å². The average molecular weight is 141 g/mol.